The van der Waals surface area contributed by atoms with Crippen molar-refractivity contribution >= 4 is 38.8 Å². The first-order valence-corrected chi connectivity index (χ1v) is 7.84. The average Bonchev–Trinajstić information content (AvgIpc) is 2.79. The highest BCUT2D eigenvalue weighted by atomic mass is 79.9. The fourth-order valence-corrected chi connectivity index (χ4v) is 3.24. The summed E-state index contributed by atoms with van der Waals surface area (Å²) in [5.74, 6) is -1.24. The number of hydrogen-bond acceptors (Lipinski definition) is 4. The van der Waals surface area contributed by atoms with Crippen LogP contribution in [0.15, 0.2) is 16.6 Å². The maximum absolute atomic E-state index is 13.8. The molecule has 23 heavy (non-hydrogen) atoms. The molecule has 1 aromatic carbocycles. The zero-order valence-electron chi connectivity index (χ0n) is 13.1. The van der Waals surface area contributed by atoms with Crippen LogP contribution in [0.1, 0.15) is 29.4 Å². The zero-order chi connectivity index (χ0) is 17.1. The lowest BCUT2D eigenvalue weighted by molar-refractivity contribution is -0.141. The van der Waals surface area contributed by atoms with Gasteiger partial charge in [0, 0.05) is 19.4 Å². The molecular weight excluding hydrogens is 369 g/mol. The van der Waals surface area contributed by atoms with Crippen molar-refractivity contribution in [3.05, 3.63) is 33.7 Å². The Bertz CT molecular complexity index is 769. The van der Waals surface area contributed by atoms with E-state index in [0.717, 1.165) is 10.9 Å². The van der Waals surface area contributed by atoms with Gasteiger partial charge in [0.15, 0.2) is 0 Å². The van der Waals surface area contributed by atoms with E-state index in [9.17, 15) is 14.0 Å². The van der Waals surface area contributed by atoms with E-state index in [0.29, 0.717) is 28.5 Å². The first kappa shape index (κ1) is 17.5. The molecule has 2 rings (SSSR count). The Morgan fingerprint density at radius 2 is 2.04 bits per heavy atom. The van der Waals surface area contributed by atoms with Crippen LogP contribution in [-0.2, 0) is 27.7 Å². The van der Waals surface area contributed by atoms with Gasteiger partial charge in [0.05, 0.1) is 23.7 Å². The van der Waals surface area contributed by atoms with Crippen LogP contribution < -0.4 is 0 Å². The highest BCUT2D eigenvalue weighted by Crippen LogP contribution is 2.33. The number of aryl methyl sites for hydroxylation is 2. The van der Waals surface area contributed by atoms with Gasteiger partial charge in [-0.05, 0) is 46.5 Å². The number of fused-ring (bicyclic) bond motifs is 1. The normalized spacial score (nSPS) is 10.8. The van der Waals surface area contributed by atoms with Gasteiger partial charge in [-0.3, -0.25) is 4.79 Å². The quantitative estimate of drug-likeness (QED) is 0.584. The lowest BCUT2D eigenvalue weighted by Crippen LogP contribution is -2.11. The first-order valence-electron chi connectivity index (χ1n) is 7.05. The highest BCUT2D eigenvalue weighted by molar-refractivity contribution is 9.10. The van der Waals surface area contributed by atoms with E-state index in [1.54, 1.807) is 17.7 Å². The van der Waals surface area contributed by atoms with Crippen molar-refractivity contribution in [1.29, 1.82) is 0 Å². The largest absolute Gasteiger partial charge is 0.466 e. The summed E-state index contributed by atoms with van der Waals surface area (Å²) in [6, 6.07) is 2.99. The van der Waals surface area contributed by atoms with Crippen LogP contribution in [0, 0.1) is 5.82 Å². The average molecular weight is 386 g/mol. The predicted molar refractivity (Wildman–Crippen MR) is 86.9 cm³/mol. The summed E-state index contributed by atoms with van der Waals surface area (Å²) in [5, 5.41) is 0.768. The minimum Gasteiger partial charge on any atom is -0.466 e. The van der Waals surface area contributed by atoms with Gasteiger partial charge in [-0.1, -0.05) is 0 Å². The number of ether oxygens (including phenoxy) is 2. The van der Waals surface area contributed by atoms with Gasteiger partial charge in [0.25, 0.3) is 0 Å². The molecule has 1 aromatic heterocycles. The summed E-state index contributed by atoms with van der Waals surface area (Å²) in [6.07, 6.45) is 1.06. The third-order valence-electron chi connectivity index (χ3n) is 3.61. The summed E-state index contributed by atoms with van der Waals surface area (Å²) in [5.41, 5.74) is 1.71. The van der Waals surface area contributed by atoms with Gasteiger partial charge in [0.1, 0.15) is 11.5 Å². The third kappa shape index (κ3) is 3.39. The molecule has 0 spiro atoms. The molecule has 1 heterocycles. The number of carbonyl (C=O) groups is 2. The Labute approximate surface area is 141 Å². The molecule has 0 aliphatic rings. The van der Waals surface area contributed by atoms with Gasteiger partial charge < -0.3 is 14.0 Å². The number of hydrogen-bond donors (Lipinski definition) is 0. The third-order valence-corrected chi connectivity index (χ3v) is 4.36. The summed E-state index contributed by atoms with van der Waals surface area (Å²) >= 11 is 3.23. The highest BCUT2D eigenvalue weighted by Gasteiger charge is 2.23. The first-order chi connectivity index (χ1) is 10.9. The Kier molecular flexibility index (Phi) is 5.41. The molecule has 124 valence electrons. The molecule has 0 N–H and O–H groups in total. The lowest BCUT2D eigenvalue weighted by Gasteiger charge is -2.06. The van der Waals surface area contributed by atoms with Gasteiger partial charge in [0.2, 0.25) is 0 Å². The van der Waals surface area contributed by atoms with Crippen LogP contribution >= 0.6 is 15.9 Å². The van der Waals surface area contributed by atoms with Crippen molar-refractivity contribution in [2.75, 3.05) is 13.7 Å². The number of aromatic nitrogens is 1. The fraction of sp³-hybridized carbons (Fsp3) is 0.375. The van der Waals surface area contributed by atoms with E-state index in [2.05, 4.69) is 15.9 Å². The SMILES string of the molecule is COC(=O)c1c(CCCOC(C)=O)c2ccc(F)c(Br)c2n1C. The second kappa shape index (κ2) is 7.12. The number of esters is 2. The minimum atomic E-state index is -0.488. The molecular formula is C16H17BrFNO4. The molecule has 0 aliphatic carbocycles. The predicted octanol–water partition coefficient (Wildman–Crippen LogP) is 3.36. The summed E-state index contributed by atoms with van der Waals surface area (Å²) < 4.78 is 25.5. The standard InChI is InChI=1S/C16H17BrFNO4/c1-9(20)23-8-4-5-10-11-6-7-12(18)13(17)14(11)19(2)15(10)16(21)22-3/h6-7H,4-5,8H2,1-3H3. The molecule has 7 heteroatoms. The molecule has 0 saturated carbocycles. The van der Waals surface area contributed by atoms with Crippen molar-refractivity contribution in [2.45, 2.75) is 19.8 Å². The molecule has 5 nitrogen and oxygen atoms in total. The van der Waals surface area contributed by atoms with E-state index in [-0.39, 0.29) is 12.6 Å². The monoisotopic (exact) mass is 385 g/mol. The smallest absolute Gasteiger partial charge is 0.354 e. The van der Waals surface area contributed by atoms with Gasteiger partial charge >= 0.3 is 11.9 Å². The van der Waals surface area contributed by atoms with Crippen LogP contribution in [0.25, 0.3) is 10.9 Å². The molecule has 0 unspecified atom stereocenters. The van der Waals surface area contributed by atoms with Gasteiger partial charge in [-0.15, -0.1) is 0 Å². The number of carbonyl (C=O) groups excluding carboxylic acids is 2. The van der Waals surface area contributed by atoms with E-state index in [1.807, 2.05) is 0 Å². The zero-order valence-corrected chi connectivity index (χ0v) is 14.7. The van der Waals surface area contributed by atoms with E-state index < -0.39 is 11.8 Å². The number of nitrogens with zero attached hydrogens (tertiary/aromatic N) is 1. The molecule has 0 radical (unpaired) electrons. The number of benzene rings is 1. The molecule has 0 atom stereocenters. The number of methoxy groups -OCH3 is 1. The van der Waals surface area contributed by atoms with Crippen LogP contribution in [0.4, 0.5) is 4.39 Å². The van der Waals surface area contributed by atoms with Crippen LogP contribution in [0.5, 0.6) is 0 Å². The van der Waals surface area contributed by atoms with Crippen molar-refractivity contribution in [2.24, 2.45) is 7.05 Å². The van der Waals surface area contributed by atoms with Crippen molar-refractivity contribution < 1.29 is 23.5 Å². The van der Waals surface area contributed by atoms with Crippen molar-refractivity contribution in [3.8, 4) is 0 Å². The Balaban J connectivity index is 2.49. The second-order valence-corrected chi connectivity index (χ2v) is 5.87. The van der Waals surface area contributed by atoms with Gasteiger partial charge in [-0.2, -0.15) is 0 Å². The van der Waals surface area contributed by atoms with Crippen molar-refractivity contribution in [3.63, 3.8) is 0 Å². The second-order valence-electron chi connectivity index (χ2n) is 5.08. The van der Waals surface area contributed by atoms with E-state index in [4.69, 9.17) is 9.47 Å². The Morgan fingerprint density at radius 3 is 2.65 bits per heavy atom. The fourth-order valence-electron chi connectivity index (χ4n) is 2.63. The van der Waals surface area contributed by atoms with E-state index in [1.165, 1.54) is 20.1 Å². The van der Waals surface area contributed by atoms with Crippen molar-refractivity contribution in [1.82, 2.24) is 4.57 Å². The number of rotatable bonds is 5. The van der Waals surface area contributed by atoms with Gasteiger partial charge in [-0.25, -0.2) is 9.18 Å². The Hall–Kier alpha value is -1.89. The number of halogens is 2. The lowest BCUT2D eigenvalue weighted by atomic mass is 10.1. The molecule has 0 aliphatic heterocycles. The van der Waals surface area contributed by atoms with Crippen LogP contribution in [0.3, 0.4) is 0 Å². The maximum Gasteiger partial charge on any atom is 0.354 e. The molecule has 0 amide bonds. The minimum absolute atomic E-state index is 0.259. The summed E-state index contributed by atoms with van der Waals surface area (Å²) in [4.78, 5) is 23.0. The van der Waals surface area contributed by atoms with Crippen LogP contribution in [0.2, 0.25) is 0 Å². The summed E-state index contributed by atoms with van der Waals surface area (Å²) in [6.45, 7) is 1.60. The topological polar surface area (TPSA) is 57.5 Å². The summed E-state index contributed by atoms with van der Waals surface area (Å²) in [7, 11) is 2.99. The van der Waals surface area contributed by atoms with Crippen LogP contribution in [-0.4, -0.2) is 30.2 Å². The molecule has 0 saturated heterocycles. The Morgan fingerprint density at radius 1 is 1.35 bits per heavy atom. The molecule has 2 aromatic rings. The maximum atomic E-state index is 13.8. The van der Waals surface area contributed by atoms with E-state index >= 15 is 0 Å². The molecule has 0 bridgehead atoms. The molecule has 0 fully saturated rings.